The monoisotopic (exact) mass is 238 g/mol. The van der Waals surface area contributed by atoms with Crippen LogP contribution in [0.5, 0.6) is 5.75 Å². The van der Waals surface area contributed by atoms with Crippen LogP contribution in [0.2, 0.25) is 0 Å². The van der Waals surface area contributed by atoms with Crippen molar-refractivity contribution in [2.24, 2.45) is 0 Å². The first kappa shape index (κ1) is 10.8. The van der Waals surface area contributed by atoms with Gasteiger partial charge in [0.05, 0.1) is 6.20 Å². The predicted octanol–water partition coefficient (Wildman–Crippen LogP) is 3.43. The summed E-state index contributed by atoms with van der Waals surface area (Å²) in [5.74, 6) is 0.317. The van der Waals surface area contributed by atoms with Crippen LogP contribution < -0.4 is 0 Å². The van der Waals surface area contributed by atoms with Crippen LogP contribution >= 0.6 is 0 Å². The molecule has 1 N–H and O–H groups in total. The highest BCUT2D eigenvalue weighted by molar-refractivity contribution is 5.99. The Hall–Kier alpha value is -2.29. The Morgan fingerprint density at radius 3 is 2.61 bits per heavy atom. The second-order valence-corrected chi connectivity index (χ2v) is 4.26. The number of hydrogen-bond acceptors (Lipinski definition) is 2. The number of aromatic nitrogens is 2. The maximum absolute atomic E-state index is 9.87. The fourth-order valence-electron chi connectivity index (χ4n) is 2.21. The van der Waals surface area contributed by atoms with Crippen LogP contribution in [0, 0.1) is 0 Å². The number of rotatable bonds is 2. The average Bonchev–Trinajstić information content (AvgIpc) is 2.88. The van der Waals surface area contributed by atoms with Gasteiger partial charge in [-0.1, -0.05) is 24.3 Å². The molecule has 3 nitrogen and oxygen atoms in total. The summed E-state index contributed by atoms with van der Waals surface area (Å²) in [5.41, 5.74) is 2.18. The Kier molecular flexibility index (Phi) is 2.52. The summed E-state index contributed by atoms with van der Waals surface area (Å²) >= 11 is 0. The van der Waals surface area contributed by atoms with Crippen molar-refractivity contribution in [2.75, 3.05) is 0 Å². The van der Waals surface area contributed by atoms with Gasteiger partial charge in [-0.05, 0) is 30.0 Å². The molecule has 0 saturated carbocycles. The molecule has 0 aliphatic carbocycles. The van der Waals surface area contributed by atoms with Gasteiger partial charge < -0.3 is 5.11 Å². The normalized spacial score (nSPS) is 10.9. The molecule has 1 aromatic heterocycles. The molecule has 3 heteroatoms. The average molecular weight is 238 g/mol. The van der Waals surface area contributed by atoms with Gasteiger partial charge in [-0.25, -0.2) is 0 Å². The van der Waals surface area contributed by atoms with Crippen molar-refractivity contribution in [3.63, 3.8) is 0 Å². The number of aromatic hydroxyl groups is 1. The molecular weight excluding hydrogens is 224 g/mol. The predicted molar refractivity (Wildman–Crippen MR) is 72.5 cm³/mol. The Morgan fingerprint density at radius 1 is 1.11 bits per heavy atom. The van der Waals surface area contributed by atoms with Crippen LogP contribution in [0.1, 0.15) is 6.92 Å². The van der Waals surface area contributed by atoms with E-state index >= 15 is 0 Å². The molecule has 0 atom stereocenters. The van der Waals surface area contributed by atoms with Crippen molar-refractivity contribution in [2.45, 2.75) is 13.5 Å². The van der Waals surface area contributed by atoms with E-state index in [-0.39, 0.29) is 0 Å². The van der Waals surface area contributed by atoms with Crippen molar-refractivity contribution in [3.05, 3.63) is 48.8 Å². The highest BCUT2D eigenvalue weighted by Crippen LogP contribution is 2.33. The minimum Gasteiger partial charge on any atom is -0.507 e. The highest BCUT2D eigenvalue weighted by Gasteiger charge is 2.08. The first-order valence-corrected chi connectivity index (χ1v) is 6.03. The number of nitrogens with zero attached hydrogens (tertiary/aromatic N) is 2. The molecule has 0 fully saturated rings. The molecule has 90 valence electrons. The van der Waals surface area contributed by atoms with Crippen molar-refractivity contribution >= 4 is 10.8 Å². The molecule has 3 rings (SSSR count). The van der Waals surface area contributed by atoms with Gasteiger partial charge in [-0.15, -0.1) is 0 Å². The minimum atomic E-state index is 0.317. The summed E-state index contributed by atoms with van der Waals surface area (Å²) in [7, 11) is 0. The lowest BCUT2D eigenvalue weighted by atomic mass is 10.00. The smallest absolute Gasteiger partial charge is 0.123 e. The van der Waals surface area contributed by atoms with Gasteiger partial charge in [0.15, 0.2) is 0 Å². The maximum Gasteiger partial charge on any atom is 0.123 e. The van der Waals surface area contributed by atoms with Crippen LogP contribution in [0.15, 0.2) is 48.8 Å². The summed E-state index contributed by atoms with van der Waals surface area (Å²) in [5, 5.41) is 16.1. The van der Waals surface area contributed by atoms with Crippen LogP contribution in [0.25, 0.3) is 21.9 Å². The van der Waals surface area contributed by atoms with Crippen LogP contribution in [-0.2, 0) is 6.54 Å². The lowest BCUT2D eigenvalue weighted by Gasteiger charge is -2.06. The van der Waals surface area contributed by atoms with E-state index in [2.05, 4.69) is 12.0 Å². The van der Waals surface area contributed by atoms with E-state index < -0.39 is 0 Å². The maximum atomic E-state index is 9.87. The quantitative estimate of drug-likeness (QED) is 0.742. The fourth-order valence-corrected chi connectivity index (χ4v) is 2.21. The van der Waals surface area contributed by atoms with E-state index in [1.54, 1.807) is 6.07 Å². The van der Waals surface area contributed by atoms with Gasteiger partial charge in [-0.2, -0.15) is 5.10 Å². The third-order valence-corrected chi connectivity index (χ3v) is 3.17. The lowest BCUT2D eigenvalue weighted by molar-refractivity contribution is 0.481. The standard InChI is InChI=1S/C15H14N2O/c1-2-17-10-11(9-16-17)12-7-8-15(18)14-6-4-3-5-13(12)14/h3-10,18H,2H2,1H3. The van der Waals surface area contributed by atoms with Crippen LogP contribution in [0.3, 0.4) is 0 Å². The Balaban J connectivity index is 2.26. The molecule has 2 aromatic carbocycles. The second-order valence-electron chi connectivity index (χ2n) is 4.26. The number of fused-ring (bicyclic) bond motifs is 1. The Bertz CT molecular complexity index is 701. The van der Waals surface area contributed by atoms with E-state index in [9.17, 15) is 5.11 Å². The molecule has 0 radical (unpaired) electrons. The topological polar surface area (TPSA) is 38.0 Å². The zero-order valence-electron chi connectivity index (χ0n) is 10.2. The van der Waals surface area contributed by atoms with Crippen LogP contribution in [0.4, 0.5) is 0 Å². The number of phenols is 1. The van der Waals surface area contributed by atoms with Gasteiger partial charge in [0.1, 0.15) is 5.75 Å². The molecule has 1 heterocycles. The zero-order valence-corrected chi connectivity index (χ0v) is 10.2. The Morgan fingerprint density at radius 2 is 1.89 bits per heavy atom. The summed E-state index contributed by atoms with van der Waals surface area (Å²) in [6.07, 6.45) is 3.89. The van der Waals surface area contributed by atoms with Crippen molar-refractivity contribution < 1.29 is 5.11 Å². The lowest BCUT2D eigenvalue weighted by Crippen LogP contribution is -1.92. The minimum absolute atomic E-state index is 0.317. The van der Waals surface area contributed by atoms with Gasteiger partial charge in [0.2, 0.25) is 0 Å². The number of aryl methyl sites for hydroxylation is 1. The third-order valence-electron chi connectivity index (χ3n) is 3.17. The molecule has 18 heavy (non-hydrogen) atoms. The molecule has 0 unspecified atom stereocenters. The van der Waals surface area contributed by atoms with Crippen molar-refractivity contribution in [3.8, 4) is 16.9 Å². The molecular formula is C15H14N2O. The number of phenolic OH excluding ortho intramolecular Hbond substituents is 1. The van der Waals surface area contributed by atoms with E-state index in [1.807, 2.05) is 47.4 Å². The molecule has 0 aliphatic heterocycles. The van der Waals surface area contributed by atoms with Crippen LogP contribution in [-0.4, -0.2) is 14.9 Å². The van der Waals surface area contributed by atoms with Gasteiger partial charge >= 0.3 is 0 Å². The van der Waals surface area contributed by atoms with E-state index in [1.165, 1.54) is 0 Å². The zero-order chi connectivity index (χ0) is 12.5. The SMILES string of the molecule is CCn1cc(-c2ccc(O)c3ccccc23)cn1. The highest BCUT2D eigenvalue weighted by atomic mass is 16.3. The summed E-state index contributed by atoms with van der Waals surface area (Å²) < 4.78 is 1.90. The van der Waals surface area contributed by atoms with Crippen molar-refractivity contribution in [1.29, 1.82) is 0 Å². The second kappa shape index (κ2) is 4.18. The van der Waals surface area contributed by atoms with Gasteiger partial charge in [0, 0.05) is 23.7 Å². The van der Waals surface area contributed by atoms with Gasteiger partial charge in [0.25, 0.3) is 0 Å². The van der Waals surface area contributed by atoms with Gasteiger partial charge in [-0.3, -0.25) is 4.68 Å². The van der Waals surface area contributed by atoms with E-state index in [4.69, 9.17) is 0 Å². The van der Waals surface area contributed by atoms with E-state index in [0.717, 1.165) is 28.4 Å². The van der Waals surface area contributed by atoms with Crippen molar-refractivity contribution in [1.82, 2.24) is 9.78 Å². The summed E-state index contributed by atoms with van der Waals surface area (Å²) in [6.45, 7) is 2.92. The molecule has 0 aliphatic rings. The van der Waals surface area contributed by atoms with E-state index in [0.29, 0.717) is 5.75 Å². The summed E-state index contributed by atoms with van der Waals surface area (Å²) in [4.78, 5) is 0. The third kappa shape index (κ3) is 1.64. The fraction of sp³-hybridized carbons (Fsp3) is 0.133. The number of hydrogen-bond donors (Lipinski definition) is 1. The largest absolute Gasteiger partial charge is 0.507 e. The molecule has 0 bridgehead atoms. The molecule has 0 spiro atoms. The first-order chi connectivity index (χ1) is 8.79. The molecule has 3 aromatic rings. The first-order valence-electron chi connectivity index (χ1n) is 6.03. The molecule has 0 amide bonds. The summed E-state index contributed by atoms with van der Waals surface area (Å²) in [6, 6.07) is 11.5. The molecule has 0 saturated heterocycles. The number of benzene rings is 2. The Labute approximate surface area is 105 Å².